The van der Waals surface area contributed by atoms with Crippen LogP contribution in [0, 0.1) is 0 Å². The molecule has 3 heterocycles. The van der Waals surface area contributed by atoms with Crippen molar-refractivity contribution in [2.75, 3.05) is 19.0 Å². The number of hydrogen-bond donors (Lipinski definition) is 1. The number of fused-ring (bicyclic) bond motifs is 4. The van der Waals surface area contributed by atoms with E-state index in [4.69, 9.17) is 4.74 Å². The highest BCUT2D eigenvalue weighted by Crippen LogP contribution is 2.46. The Kier molecular flexibility index (Phi) is 6.28. The van der Waals surface area contributed by atoms with Gasteiger partial charge in [-0.25, -0.2) is 9.37 Å². The van der Waals surface area contributed by atoms with Crippen LogP contribution in [0.3, 0.4) is 0 Å². The second-order valence-electron chi connectivity index (χ2n) is 13.7. The second kappa shape index (κ2) is 9.80. The van der Waals surface area contributed by atoms with Gasteiger partial charge < -0.3 is 14.7 Å². The minimum Gasteiger partial charge on any atom is -0.478 e. The summed E-state index contributed by atoms with van der Waals surface area (Å²) >= 11 is 0. The zero-order chi connectivity index (χ0) is 32.0. The summed E-state index contributed by atoms with van der Waals surface area (Å²) < 4.78 is 9.16. The molecule has 45 heavy (non-hydrogen) atoms. The number of carboxylic acids is 1. The summed E-state index contributed by atoms with van der Waals surface area (Å²) in [5.41, 5.74) is 11.5. The lowest BCUT2D eigenvalue weighted by Gasteiger charge is -2.41. The van der Waals surface area contributed by atoms with Gasteiger partial charge in [0.05, 0.1) is 17.2 Å². The molecule has 0 saturated heterocycles. The molecule has 0 saturated carbocycles. The van der Waals surface area contributed by atoms with Gasteiger partial charge in [0.1, 0.15) is 18.5 Å². The molecule has 5 heteroatoms. The van der Waals surface area contributed by atoms with E-state index < -0.39 is 5.97 Å². The molecular weight excluding hydrogens is 556 g/mol. The van der Waals surface area contributed by atoms with Crippen molar-refractivity contribution in [1.82, 2.24) is 4.58 Å². The van der Waals surface area contributed by atoms with Gasteiger partial charge in [0.15, 0.2) is 5.54 Å². The first-order valence-electron chi connectivity index (χ1n) is 15.5. The van der Waals surface area contributed by atoms with E-state index in [0.29, 0.717) is 0 Å². The van der Waals surface area contributed by atoms with E-state index in [0.717, 1.165) is 55.6 Å². The zero-order valence-electron chi connectivity index (χ0n) is 27.2. The van der Waals surface area contributed by atoms with Crippen LogP contribution in [0.25, 0.3) is 27.8 Å². The molecule has 3 aliphatic rings. The Labute approximate surface area is 264 Å². The molecule has 5 nitrogen and oxygen atoms in total. The third-order valence-electron chi connectivity index (χ3n) is 10.0. The number of carboxylic acid groups (broad SMARTS) is 1. The maximum absolute atomic E-state index is 11.4. The van der Waals surface area contributed by atoms with E-state index in [2.05, 4.69) is 126 Å². The van der Waals surface area contributed by atoms with Crippen LogP contribution < -0.4 is 24.8 Å². The van der Waals surface area contributed by atoms with Crippen molar-refractivity contribution in [3.05, 3.63) is 123 Å². The summed E-state index contributed by atoms with van der Waals surface area (Å²) in [5.74, 6) is 0.785. The first-order chi connectivity index (χ1) is 21.2. The standard InChI is InChI=1S/C40H38N2O3/c1-23-21-39(3,4)41(7)33-19-35-31(17-29(23)33)37(27-13-9-25(10-14-27)26-11-15-28(16-12-26)38(43)44)32-18-30-24(2)22-40(5,6)42(8)34(30)20-36(32)45-35/h9-22H,1-8H3/p+1. The maximum Gasteiger partial charge on any atom is 0.335 e. The van der Waals surface area contributed by atoms with Crippen LogP contribution in [0.4, 0.5) is 5.69 Å². The van der Waals surface area contributed by atoms with Crippen LogP contribution in [0.2, 0.25) is 0 Å². The van der Waals surface area contributed by atoms with Crippen LogP contribution in [-0.4, -0.2) is 36.2 Å². The highest BCUT2D eigenvalue weighted by Gasteiger charge is 2.34. The second-order valence-corrected chi connectivity index (χ2v) is 13.7. The Morgan fingerprint density at radius 1 is 0.756 bits per heavy atom. The molecule has 0 fully saturated rings. The number of ether oxygens (including phenoxy) is 1. The van der Waals surface area contributed by atoms with Gasteiger partial charge in [-0.3, -0.25) is 0 Å². The molecule has 0 aromatic heterocycles. The van der Waals surface area contributed by atoms with Gasteiger partial charge in [0, 0.05) is 60.1 Å². The summed E-state index contributed by atoms with van der Waals surface area (Å²) in [6, 6.07) is 24.6. The average Bonchev–Trinajstić information content (AvgIpc) is 3.00. The van der Waals surface area contributed by atoms with E-state index in [1.54, 1.807) is 12.1 Å². The normalized spacial score (nSPS) is 17.3. The quantitative estimate of drug-likeness (QED) is 0.222. The molecule has 4 aromatic rings. The Hall–Kier alpha value is -4.90. The molecule has 1 N–H and O–H groups in total. The molecule has 7 rings (SSSR count). The highest BCUT2D eigenvalue weighted by molar-refractivity contribution is 5.92. The van der Waals surface area contributed by atoms with E-state index in [1.165, 1.54) is 22.3 Å². The highest BCUT2D eigenvalue weighted by atomic mass is 16.5. The number of nitrogens with zero attached hydrogens (tertiary/aromatic N) is 2. The van der Waals surface area contributed by atoms with Crippen molar-refractivity contribution >= 4 is 28.4 Å². The first-order valence-corrected chi connectivity index (χ1v) is 15.5. The molecule has 226 valence electrons. The van der Waals surface area contributed by atoms with Gasteiger partial charge in [-0.1, -0.05) is 42.5 Å². The summed E-state index contributed by atoms with van der Waals surface area (Å²) in [4.78, 5) is 13.7. The Morgan fingerprint density at radius 3 is 2.00 bits per heavy atom. The number of allylic oxidation sites excluding steroid dienone is 2. The van der Waals surface area contributed by atoms with Crippen molar-refractivity contribution in [2.45, 2.75) is 52.6 Å². The van der Waals surface area contributed by atoms with Crippen LogP contribution in [0.5, 0.6) is 11.5 Å². The lowest BCUT2D eigenvalue weighted by molar-refractivity contribution is 0.0697. The fourth-order valence-electron chi connectivity index (χ4n) is 7.12. The number of benzene rings is 4. The predicted octanol–water partition coefficient (Wildman–Crippen LogP) is 7.35. The van der Waals surface area contributed by atoms with Crippen molar-refractivity contribution in [1.29, 1.82) is 0 Å². The number of anilines is 1. The monoisotopic (exact) mass is 595 g/mol. The summed E-state index contributed by atoms with van der Waals surface area (Å²) in [7, 11) is 4.31. The summed E-state index contributed by atoms with van der Waals surface area (Å²) in [6.07, 6.45) is 4.68. The van der Waals surface area contributed by atoms with Gasteiger partial charge in [0.2, 0.25) is 5.36 Å². The SMILES string of the molecule is CC1=CC(C)(C)N(C)c2cc3c(cc21)C(c1ccc(-c2ccc(C(=O)O)cc2)cc1)=c1cc2c(cc1O3)=[N+](C)C(C)(C)C=C2C. The molecule has 0 atom stereocenters. The van der Waals surface area contributed by atoms with Gasteiger partial charge in [-0.2, -0.15) is 0 Å². The van der Waals surface area contributed by atoms with Gasteiger partial charge >= 0.3 is 5.97 Å². The molecule has 0 aliphatic carbocycles. The molecule has 4 aromatic carbocycles. The van der Waals surface area contributed by atoms with E-state index in [-0.39, 0.29) is 16.6 Å². The van der Waals surface area contributed by atoms with Crippen molar-refractivity contribution in [3.8, 4) is 22.6 Å². The van der Waals surface area contributed by atoms with Crippen molar-refractivity contribution in [3.63, 3.8) is 0 Å². The minimum atomic E-state index is -0.922. The van der Waals surface area contributed by atoms with E-state index in [1.807, 2.05) is 12.1 Å². The zero-order valence-corrected chi connectivity index (χ0v) is 27.2. The molecular formula is C40H39N2O3+. The topological polar surface area (TPSA) is 52.8 Å². The number of hydrogen-bond acceptors (Lipinski definition) is 3. The van der Waals surface area contributed by atoms with Gasteiger partial charge in [-0.05, 0) is 85.9 Å². The fraction of sp³-hybridized carbons (Fsp3) is 0.250. The number of rotatable bonds is 3. The smallest absolute Gasteiger partial charge is 0.335 e. The molecule has 0 amide bonds. The van der Waals surface area contributed by atoms with E-state index >= 15 is 0 Å². The number of likely N-dealkylation sites (N-methyl/N-ethyl adjacent to an activating group) is 2. The van der Waals surface area contributed by atoms with Crippen molar-refractivity contribution in [2.24, 2.45) is 0 Å². The van der Waals surface area contributed by atoms with Crippen LogP contribution in [0.15, 0.2) is 84.9 Å². The maximum atomic E-state index is 11.4. The van der Waals surface area contributed by atoms with Crippen LogP contribution in [-0.2, 0) is 0 Å². The lowest BCUT2D eigenvalue weighted by atomic mass is 9.84. The summed E-state index contributed by atoms with van der Waals surface area (Å²) in [5, 5.41) is 11.6. The third kappa shape index (κ3) is 4.52. The van der Waals surface area contributed by atoms with Crippen molar-refractivity contribution < 1.29 is 14.6 Å². The summed E-state index contributed by atoms with van der Waals surface area (Å²) in [6.45, 7) is 13.4. The Balaban J connectivity index is 1.48. The number of carbonyl (C=O) groups is 1. The van der Waals surface area contributed by atoms with Crippen LogP contribution >= 0.6 is 0 Å². The first kappa shape index (κ1) is 28.8. The Bertz CT molecular complexity index is 2130. The average molecular weight is 596 g/mol. The molecule has 3 aliphatic heterocycles. The largest absolute Gasteiger partial charge is 0.478 e. The minimum absolute atomic E-state index is 0.111. The molecule has 0 bridgehead atoms. The Morgan fingerprint density at radius 2 is 1.36 bits per heavy atom. The molecule has 0 unspecified atom stereocenters. The van der Waals surface area contributed by atoms with Gasteiger partial charge in [-0.15, -0.1) is 0 Å². The third-order valence-corrected chi connectivity index (χ3v) is 10.0. The molecule has 0 radical (unpaired) electrons. The van der Waals surface area contributed by atoms with E-state index in [9.17, 15) is 9.90 Å². The fourth-order valence-corrected chi connectivity index (χ4v) is 7.12. The molecule has 0 spiro atoms. The number of aromatic carboxylic acids is 1. The predicted molar refractivity (Wildman–Crippen MR) is 184 cm³/mol. The van der Waals surface area contributed by atoms with Crippen LogP contribution in [0.1, 0.15) is 74.2 Å². The lowest BCUT2D eigenvalue weighted by Crippen LogP contribution is -2.47. The van der Waals surface area contributed by atoms with Gasteiger partial charge in [0.25, 0.3) is 0 Å².